The molecule has 3 rings (SSSR count). The molecule has 0 radical (unpaired) electrons. The summed E-state index contributed by atoms with van der Waals surface area (Å²) in [5.74, 6) is 2.42. The van der Waals surface area contributed by atoms with Crippen LogP contribution in [-0.4, -0.2) is 15.5 Å². The Morgan fingerprint density at radius 1 is 1.27 bits per heavy atom. The fourth-order valence-corrected chi connectivity index (χ4v) is 2.58. The molecule has 1 aromatic heterocycles. The van der Waals surface area contributed by atoms with Gasteiger partial charge in [0.05, 0.1) is 16.3 Å². The maximum atomic E-state index is 14.0. The van der Waals surface area contributed by atoms with Crippen molar-refractivity contribution in [2.45, 2.75) is 0 Å². The lowest BCUT2D eigenvalue weighted by Crippen LogP contribution is -2.23. The quantitative estimate of drug-likeness (QED) is 0.205. The average Bonchev–Trinajstić information content (AvgIpc) is 2.90. The Morgan fingerprint density at radius 2 is 2.00 bits per heavy atom. The predicted octanol–water partition coefficient (Wildman–Crippen LogP) is 2.79. The number of hydrogen-bond acceptors (Lipinski definition) is 5. The number of hydrogen-bond donors (Lipinski definition) is 3. The van der Waals surface area contributed by atoms with Gasteiger partial charge in [0.2, 0.25) is 5.95 Å². The first-order chi connectivity index (χ1) is 12.3. The van der Waals surface area contributed by atoms with Crippen LogP contribution in [0.1, 0.15) is 5.56 Å². The maximum Gasteiger partial charge on any atom is 0.220 e. The van der Waals surface area contributed by atoms with Crippen molar-refractivity contribution in [3.8, 4) is 0 Å². The second-order valence-corrected chi connectivity index (χ2v) is 5.68. The van der Waals surface area contributed by atoms with E-state index in [1.54, 1.807) is 0 Å². The standard InChI is InChI=1S/C14H11ClF3N6OP/c15-7-3-5(1-2-8(7)16)21-13(23-25-26)6-4-9(17)10(18)11-12(6)24(20)14(19)22-11/h1-4H,20,26H2,(H2,19,22)(H,21,23). The molecule has 1 atom stereocenters. The second kappa shape index (κ2) is 6.99. The number of hydroxylamine groups is 1. The number of fused-ring (bicyclic) bond motifs is 1. The molecule has 0 spiro atoms. The van der Waals surface area contributed by atoms with Gasteiger partial charge in [0.15, 0.2) is 17.5 Å². The van der Waals surface area contributed by atoms with Crippen molar-refractivity contribution >= 4 is 49.6 Å². The van der Waals surface area contributed by atoms with Gasteiger partial charge in [-0.1, -0.05) is 11.6 Å². The molecule has 0 amide bonds. The van der Waals surface area contributed by atoms with Gasteiger partial charge in [-0.3, -0.25) is 4.62 Å². The van der Waals surface area contributed by atoms with E-state index >= 15 is 0 Å². The van der Waals surface area contributed by atoms with Crippen LogP contribution in [0.5, 0.6) is 0 Å². The zero-order valence-corrected chi connectivity index (χ0v) is 14.7. The summed E-state index contributed by atoms with van der Waals surface area (Å²) in [4.78, 5) is 7.89. The SMILES string of the molecule is Nc1nc2c(F)c(F)cc(C(=Nc3ccc(F)c(Cl)c3)NOP)c2n1N. The molecule has 0 saturated carbocycles. The molecule has 0 bridgehead atoms. The average molecular weight is 403 g/mol. The fourth-order valence-electron chi connectivity index (χ4n) is 2.29. The first kappa shape index (κ1) is 18.2. The zero-order valence-electron chi connectivity index (χ0n) is 12.8. The number of aliphatic imine (C=N–C) groups is 1. The molecule has 3 aromatic rings. The van der Waals surface area contributed by atoms with Crippen molar-refractivity contribution in [1.29, 1.82) is 0 Å². The van der Waals surface area contributed by atoms with E-state index in [1.807, 2.05) is 9.47 Å². The van der Waals surface area contributed by atoms with Gasteiger partial charge in [-0.05, 0) is 24.3 Å². The molecule has 5 N–H and O–H groups in total. The number of nitrogens with zero attached hydrogens (tertiary/aromatic N) is 3. The highest BCUT2D eigenvalue weighted by Crippen LogP contribution is 2.27. The summed E-state index contributed by atoms with van der Waals surface area (Å²) >= 11 is 5.73. The van der Waals surface area contributed by atoms with Crippen molar-refractivity contribution in [2.24, 2.45) is 4.99 Å². The Morgan fingerprint density at radius 3 is 2.65 bits per heavy atom. The van der Waals surface area contributed by atoms with Crippen LogP contribution in [0.3, 0.4) is 0 Å². The Balaban J connectivity index is 2.27. The summed E-state index contributed by atoms with van der Waals surface area (Å²) in [5.41, 5.74) is 7.81. The lowest BCUT2D eigenvalue weighted by molar-refractivity contribution is 0.314. The summed E-state index contributed by atoms with van der Waals surface area (Å²) in [7, 11) is 1.91. The molecular formula is C14H11ClF3N6OP. The maximum absolute atomic E-state index is 14.0. The number of benzene rings is 2. The van der Waals surface area contributed by atoms with E-state index in [2.05, 4.69) is 15.5 Å². The second-order valence-electron chi connectivity index (χ2n) is 5.04. The van der Waals surface area contributed by atoms with Gasteiger partial charge in [0.1, 0.15) is 16.9 Å². The highest BCUT2D eigenvalue weighted by Gasteiger charge is 2.22. The van der Waals surface area contributed by atoms with Gasteiger partial charge in [-0.2, -0.15) is 0 Å². The predicted molar refractivity (Wildman–Crippen MR) is 95.7 cm³/mol. The topological polar surface area (TPSA) is 103 Å². The Labute approximate surface area is 152 Å². The molecule has 1 unspecified atom stereocenters. The van der Waals surface area contributed by atoms with Crippen molar-refractivity contribution in [3.63, 3.8) is 0 Å². The van der Waals surface area contributed by atoms with Gasteiger partial charge >= 0.3 is 0 Å². The summed E-state index contributed by atoms with van der Waals surface area (Å²) in [6, 6.07) is 4.53. The molecule has 0 aliphatic carbocycles. The van der Waals surface area contributed by atoms with E-state index in [0.29, 0.717) is 0 Å². The number of aromatic nitrogens is 2. The number of anilines is 1. The number of halogens is 4. The van der Waals surface area contributed by atoms with Crippen LogP contribution in [0.25, 0.3) is 11.0 Å². The smallest absolute Gasteiger partial charge is 0.220 e. The summed E-state index contributed by atoms with van der Waals surface area (Å²) in [6.45, 7) is 0. The number of amidine groups is 1. The number of nitrogens with two attached hydrogens (primary N) is 2. The Hall–Kier alpha value is -2.55. The molecule has 12 heteroatoms. The van der Waals surface area contributed by atoms with E-state index in [1.165, 1.54) is 12.1 Å². The molecule has 7 nitrogen and oxygen atoms in total. The Bertz CT molecular complexity index is 1040. The van der Waals surface area contributed by atoms with Crippen LogP contribution < -0.4 is 17.1 Å². The minimum atomic E-state index is -1.21. The van der Waals surface area contributed by atoms with Crippen LogP contribution in [0, 0.1) is 17.5 Å². The van der Waals surface area contributed by atoms with Gasteiger partial charge in [0.25, 0.3) is 0 Å². The lowest BCUT2D eigenvalue weighted by atomic mass is 10.1. The monoisotopic (exact) mass is 402 g/mol. The van der Waals surface area contributed by atoms with Crippen molar-refractivity contribution in [2.75, 3.05) is 11.6 Å². The molecule has 0 saturated heterocycles. The van der Waals surface area contributed by atoms with Crippen molar-refractivity contribution < 1.29 is 17.8 Å². The minimum Gasteiger partial charge on any atom is -0.368 e. The third kappa shape index (κ3) is 3.14. The van der Waals surface area contributed by atoms with E-state index in [-0.39, 0.29) is 39.1 Å². The molecule has 26 heavy (non-hydrogen) atoms. The first-order valence-electron chi connectivity index (χ1n) is 6.90. The summed E-state index contributed by atoms with van der Waals surface area (Å²) in [6.07, 6.45) is 0. The highest BCUT2D eigenvalue weighted by atomic mass is 35.5. The largest absolute Gasteiger partial charge is 0.368 e. The summed E-state index contributed by atoms with van der Waals surface area (Å²) in [5, 5.41) is -0.166. The van der Waals surface area contributed by atoms with Gasteiger partial charge in [0, 0.05) is 9.47 Å². The molecule has 1 heterocycles. The van der Waals surface area contributed by atoms with Crippen LogP contribution in [0.2, 0.25) is 5.02 Å². The third-order valence-corrected chi connectivity index (χ3v) is 3.84. The van der Waals surface area contributed by atoms with Crippen LogP contribution in [0.15, 0.2) is 29.3 Å². The number of imidazole rings is 1. The van der Waals surface area contributed by atoms with Gasteiger partial charge < -0.3 is 11.6 Å². The van der Waals surface area contributed by atoms with E-state index in [0.717, 1.165) is 16.8 Å². The number of nitrogen functional groups attached to an aromatic ring is 2. The first-order valence-corrected chi connectivity index (χ1v) is 7.75. The molecule has 136 valence electrons. The van der Waals surface area contributed by atoms with Crippen molar-refractivity contribution in [1.82, 2.24) is 15.1 Å². The number of rotatable bonds is 3. The lowest BCUT2D eigenvalue weighted by Gasteiger charge is -2.11. The van der Waals surface area contributed by atoms with Crippen LogP contribution >= 0.6 is 21.1 Å². The Kier molecular flexibility index (Phi) is 4.90. The molecule has 0 fully saturated rings. The van der Waals surface area contributed by atoms with Crippen LogP contribution in [0.4, 0.5) is 24.8 Å². The van der Waals surface area contributed by atoms with E-state index in [4.69, 9.17) is 27.8 Å². The van der Waals surface area contributed by atoms with E-state index < -0.39 is 17.5 Å². The fraction of sp³-hybridized carbons (Fsp3) is 0. The van der Waals surface area contributed by atoms with Crippen LogP contribution in [-0.2, 0) is 4.62 Å². The van der Waals surface area contributed by atoms with Crippen molar-refractivity contribution in [3.05, 3.63) is 52.3 Å². The normalized spacial score (nSPS) is 12.0. The third-order valence-electron chi connectivity index (χ3n) is 3.44. The molecule has 0 aliphatic rings. The molecular weight excluding hydrogens is 392 g/mol. The van der Waals surface area contributed by atoms with Gasteiger partial charge in [-0.15, -0.1) is 0 Å². The van der Waals surface area contributed by atoms with E-state index in [9.17, 15) is 13.2 Å². The molecule has 0 aliphatic heterocycles. The minimum absolute atomic E-state index is 0.00787. The van der Waals surface area contributed by atoms with Gasteiger partial charge in [-0.25, -0.2) is 33.3 Å². The highest BCUT2D eigenvalue weighted by molar-refractivity contribution is 7.09. The summed E-state index contributed by atoms with van der Waals surface area (Å²) < 4.78 is 47.0. The number of nitrogens with one attached hydrogen (secondary N) is 1. The molecule has 2 aromatic carbocycles. The zero-order chi connectivity index (χ0) is 19.0.